The molecule has 28 heavy (non-hydrogen) atoms. The van der Waals surface area contributed by atoms with E-state index in [1.165, 1.54) is 5.56 Å². The third kappa shape index (κ3) is 4.53. The van der Waals surface area contributed by atoms with E-state index in [1.54, 1.807) is 0 Å². The maximum atomic E-state index is 12.7. The lowest BCUT2D eigenvalue weighted by atomic mass is 9.87. The SMILES string of the molecule is Cc1nn(Cc2ccc(Br)cc2)c(C)c1NC(=O)c1ccc(C(C)(C)C)cc1. The number of benzene rings is 2. The molecule has 0 bridgehead atoms. The van der Waals surface area contributed by atoms with Crippen LogP contribution < -0.4 is 5.32 Å². The van der Waals surface area contributed by atoms with Crippen molar-refractivity contribution in [3.05, 3.63) is 81.1 Å². The second-order valence-corrected chi connectivity index (χ2v) is 9.03. The fourth-order valence-electron chi connectivity index (χ4n) is 3.10. The number of carbonyl (C=O) groups excluding carboxylic acids is 1. The highest BCUT2D eigenvalue weighted by Gasteiger charge is 2.17. The van der Waals surface area contributed by atoms with Crippen molar-refractivity contribution in [3.8, 4) is 0 Å². The molecule has 0 spiro atoms. The summed E-state index contributed by atoms with van der Waals surface area (Å²) >= 11 is 3.46. The van der Waals surface area contributed by atoms with E-state index in [2.05, 4.69) is 59.2 Å². The minimum Gasteiger partial charge on any atom is -0.319 e. The Labute approximate surface area is 175 Å². The maximum Gasteiger partial charge on any atom is 0.255 e. The summed E-state index contributed by atoms with van der Waals surface area (Å²) in [5.41, 5.74) is 5.61. The average molecular weight is 440 g/mol. The minimum absolute atomic E-state index is 0.0658. The van der Waals surface area contributed by atoms with Crippen LogP contribution in [0.15, 0.2) is 53.0 Å². The fraction of sp³-hybridized carbons (Fsp3) is 0.304. The monoisotopic (exact) mass is 439 g/mol. The molecule has 1 heterocycles. The predicted molar refractivity (Wildman–Crippen MR) is 118 cm³/mol. The first-order chi connectivity index (χ1) is 13.1. The van der Waals surface area contributed by atoms with Crippen LogP contribution in [-0.4, -0.2) is 15.7 Å². The molecule has 1 N–H and O–H groups in total. The Hall–Kier alpha value is -2.40. The van der Waals surface area contributed by atoms with Gasteiger partial charge in [0.1, 0.15) is 0 Å². The summed E-state index contributed by atoms with van der Waals surface area (Å²) in [6.45, 7) is 11.1. The van der Waals surface area contributed by atoms with Gasteiger partial charge in [0, 0.05) is 10.0 Å². The van der Waals surface area contributed by atoms with Crippen LogP contribution in [0.25, 0.3) is 0 Å². The Kier molecular flexibility index (Phi) is 5.75. The summed E-state index contributed by atoms with van der Waals surface area (Å²) < 4.78 is 2.98. The lowest BCUT2D eigenvalue weighted by molar-refractivity contribution is 0.102. The van der Waals surface area contributed by atoms with Gasteiger partial charge in [-0.15, -0.1) is 0 Å². The number of carbonyl (C=O) groups is 1. The summed E-state index contributed by atoms with van der Waals surface area (Å²) in [6.07, 6.45) is 0. The number of nitrogens with zero attached hydrogens (tertiary/aromatic N) is 2. The second kappa shape index (κ2) is 7.92. The summed E-state index contributed by atoms with van der Waals surface area (Å²) in [5, 5.41) is 7.65. The zero-order valence-electron chi connectivity index (χ0n) is 17.0. The van der Waals surface area contributed by atoms with Crippen LogP contribution in [0.1, 0.15) is 53.6 Å². The molecule has 4 nitrogen and oxygen atoms in total. The number of hydrogen-bond donors (Lipinski definition) is 1. The number of nitrogens with one attached hydrogen (secondary N) is 1. The van der Waals surface area contributed by atoms with Crippen LogP contribution in [0.2, 0.25) is 0 Å². The molecule has 1 amide bonds. The summed E-state index contributed by atoms with van der Waals surface area (Å²) in [6, 6.07) is 16.0. The highest BCUT2D eigenvalue weighted by atomic mass is 79.9. The number of anilines is 1. The highest BCUT2D eigenvalue weighted by molar-refractivity contribution is 9.10. The number of rotatable bonds is 4. The number of amides is 1. The molecule has 0 aliphatic rings. The van der Waals surface area contributed by atoms with Crippen molar-refractivity contribution in [2.45, 2.75) is 46.6 Å². The van der Waals surface area contributed by atoms with E-state index in [4.69, 9.17) is 0 Å². The average Bonchev–Trinajstić information content (AvgIpc) is 2.90. The maximum absolute atomic E-state index is 12.7. The highest BCUT2D eigenvalue weighted by Crippen LogP contribution is 2.24. The first-order valence-electron chi connectivity index (χ1n) is 9.35. The lowest BCUT2D eigenvalue weighted by Gasteiger charge is -2.19. The van der Waals surface area contributed by atoms with E-state index in [1.807, 2.05) is 54.9 Å². The smallest absolute Gasteiger partial charge is 0.255 e. The molecular weight excluding hydrogens is 414 g/mol. The third-order valence-electron chi connectivity index (χ3n) is 4.88. The molecule has 0 unspecified atom stereocenters. The molecule has 146 valence electrons. The van der Waals surface area contributed by atoms with Gasteiger partial charge in [-0.05, 0) is 54.7 Å². The van der Waals surface area contributed by atoms with Gasteiger partial charge in [0.2, 0.25) is 0 Å². The van der Waals surface area contributed by atoms with Gasteiger partial charge in [-0.25, -0.2) is 0 Å². The molecule has 1 aromatic heterocycles. The van der Waals surface area contributed by atoms with Gasteiger partial charge in [-0.2, -0.15) is 5.10 Å². The largest absolute Gasteiger partial charge is 0.319 e. The molecule has 3 rings (SSSR count). The Morgan fingerprint density at radius 1 is 1.04 bits per heavy atom. The van der Waals surface area contributed by atoms with Gasteiger partial charge >= 0.3 is 0 Å². The van der Waals surface area contributed by atoms with Gasteiger partial charge in [-0.3, -0.25) is 9.48 Å². The van der Waals surface area contributed by atoms with Crippen LogP contribution in [0.4, 0.5) is 5.69 Å². The van der Waals surface area contributed by atoms with Gasteiger partial charge < -0.3 is 5.32 Å². The summed E-state index contributed by atoms with van der Waals surface area (Å²) in [7, 11) is 0. The van der Waals surface area contributed by atoms with Crippen LogP contribution in [0.5, 0.6) is 0 Å². The van der Waals surface area contributed by atoms with Crippen molar-refractivity contribution >= 4 is 27.5 Å². The van der Waals surface area contributed by atoms with E-state index in [0.29, 0.717) is 12.1 Å². The molecule has 0 saturated heterocycles. The zero-order valence-corrected chi connectivity index (χ0v) is 18.6. The number of aryl methyl sites for hydroxylation is 1. The lowest BCUT2D eigenvalue weighted by Crippen LogP contribution is -2.15. The molecule has 0 atom stereocenters. The molecule has 0 aliphatic heterocycles. The molecular formula is C23H26BrN3O. The standard InChI is InChI=1S/C23H26BrN3O/c1-15-21(16(2)27(26-15)14-17-6-12-20(24)13-7-17)25-22(28)18-8-10-19(11-9-18)23(3,4)5/h6-13H,14H2,1-5H3,(H,25,28). The van der Waals surface area contributed by atoms with Crippen LogP contribution in [0.3, 0.4) is 0 Å². The van der Waals surface area contributed by atoms with Crippen molar-refractivity contribution in [1.29, 1.82) is 0 Å². The third-order valence-corrected chi connectivity index (χ3v) is 5.41. The number of aromatic nitrogens is 2. The van der Waals surface area contributed by atoms with Gasteiger partial charge in [0.25, 0.3) is 5.91 Å². The topological polar surface area (TPSA) is 46.9 Å². The molecule has 0 radical (unpaired) electrons. The van der Waals surface area contributed by atoms with E-state index >= 15 is 0 Å². The number of halogens is 1. The van der Waals surface area contributed by atoms with Crippen molar-refractivity contribution in [2.75, 3.05) is 5.32 Å². The minimum atomic E-state index is -0.116. The van der Waals surface area contributed by atoms with Gasteiger partial charge in [-0.1, -0.05) is 61.0 Å². The molecule has 5 heteroatoms. The van der Waals surface area contributed by atoms with Crippen LogP contribution in [0, 0.1) is 13.8 Å². The van der Waals surface area contributed by atoms with Crippen LogP contribution >= 0.6 is 15.9 Å². The Morgan fingerprint density at radius 2 is 1.64 bits per heavy atom. The molecule has 0 fully saturated rings. The molecule has 0 aliphatic carbocycles. The van der Waals surface area contributed by atoms with Crippen LogP contribution in [-0.2, 0) is 12.0 Å². The van der Waals surface area contributed by atoms with Crippen molar-refractivity contribution in [2.24, 2.45) is 0 Å². The van der Waals surface area contributed by atoms with E-state index in [9.17, 15) is 4.79 Å². The van der Waals surface area contributed by atoms with Crippen molar-refractivity contribution in [1.82, 2.24) is 9.78 Å². The van der Waals surface area contributed by atoms with Gasteiger partial charge in [0.05, 0.1) is 23.6 Å². The van der Waals surface area contributed by atoms with Gasteiger partial charge in [0.15, 0.2) is 0 Å². The molecule has 2 aromatic carbocycles. The second-order valence-electron chi connectivity index (χ2n) is 8.11. The Bertz CT molecular complexity index is 980. The molecule has 3 aromatic rings. The molecule has 0 saturated carbocycles. The predicted octanol–water partition coefficient (Wildman–Crippen LogP) is 5.86. The fourth-order valence-corrected chi connectivity index (χ4v) is 3.37. The summed E-state index contributed by atoms with van der Waals surface area (Å²) in [4.78, 5) is 12.7. The van der Waals surface area contributed by atoms with E-state index in [-0.39, 0.29) is 11.3 Å². The quantitative estimate of drug-likeness (QED) is 0.552. The Balaban J connectivity index is 1.78. The number of hydrogen-bond acceptors (Lipinski definition) is 2. The first kappa shape index (κ1) is 20.3. The first-order valence-corrected chi connectivity index (χ1v) is 10.1. The van der Waals surface area contributed by atoms with Crippen molar-refractivity contribution < 1.29 is 4.79 Å². The Morgan fingerprint density at radius 3 is 2.21 bits per heavy atom. The summed E-state index contributed by atoms with van der Waals surface area (Å²) in [5.74, 6) is -0.116. The van der Waals surface area contributed by atoms with E-state index < -0.39 is 0 Å². The van der Waals surface area contributed by atoms with Crippen molar-refractivity contribution in [3.63, 3.8) is 0 Å². The van der Waals surface area contributed by atoms with E-state index in [0.717, 1.165) is 27.1 Å². The zero-order chi connectivity index (χ0) is 20.5. The normalized spacial score (nSPS) is 11.5.